The van der Waals surface area contributed by atoms with Gasteiger partial charge < -0.3 is 0 Å². The second-order valence-corrected chi connectivity index (χ2v) is 7.04. The molecule has 3 nitrogen and oxygen atoms in total. The molecule has 1 aromatic carbocycles. The van der Waals surface area contributed by atoms with Crippen LogP contribution in [0.4, 0.5) is 5.69 Å². The van der Waals surface area contributed by atoms with Crippen LogP contribution in [0.2, 0.25) is 9.36 Å². The lowest BCUT2D eigenvalue weighted by atomic mass is 10.3. The summed E-state index contributed by atoms with van der Waals surface area (Å²) in [5.41, 5.74) is 0.369. The molecule has 7 heteroatoms. The van der Waals surface area contributed by atoms with Crippen molar-refractivity contribution in [3.05, 3.63) is 45.8 Å². The Morgan fingerprint density at radius 2 is 2.06 bits per heavy atom. The van der Waals surface area contributed by atoms with Crippen molar-refractivity contribution in [2.24, 2.45) is 0 Å². The summed E-state index contributed by atoms with van der Waals surface area (Å²) in [5.74, 6) is 0. The molecule has 1 radical (unpaired) electrons. The van der Waals surface area contributed by atoms with E-state index in [0.29, 0.717) is 5.69 Å². The smallest absolute Gasteiger partial charge is 0.271 e. The molecular formula is C10H6Cl2NO2S2. The second-order valence-electron chi connectivity index (χ2n) is 3.07. The fraction of sp³-hybridized carbons (Fsp3) is 0. The molecule has 2 rings (SSSR count). The number of thiophene rings is 1. The zero-order valence-electron chi connectivity index (χ0n) is 8.28. The highest BCUT2D eigenvalue weighted by molar-refractivity contribution is 7.94. The van der Waals surface area contributed by atoms with Crippen LogP contribution in [-0.2, 0) is 10.0 Å². The van der Waals surface area contributed by atoms with Gasteiger partial charge in [-0.15, -0.1) is 11.3 Å². The van der Waals surface area contributed by atoms with E-state index in [1.54, 1.807) is 24.3 Å². The molecule has 0 spiro atoms. The highest BCUT2D eigenvalue weighted by Gasteiger charge is 2.19. The van der Waals surface area contributed by atoms with Crippen LogP contribution in [0, 0.1) is 6.07 Å². The first kappa shape index (κ1) is 12.7. The van der Waals surface area contributed by atoms with Crippen molar-refractivity contribution in [2.45, 2.75) is 4.21 Å². The topological polar surface area (TPSA) is 46.2 Å². The summed E-state index contributed by atoms with van der Waals surface area (Å²) in [4.78, 5) is 0. The molecule has 2 aromatic rings. The Bertz CT molecular complexity index is 604. The number of anilines is 1. The predicted octanol–water partition coefficient (Wildman–Crippen LogP) is 3.66. The third kappa shape index (κ3) is 2.93. The second kappa shape index (κ2) is 4.86. The van der Waals surface area contributed by atoms with Crippen molar-refractivity contribution in [2.75, 3.05) is 4.72 Å². The molecule has 1 heterocycles. The monoisotopic (exact) mass is 306 g/mol. The first-order valence-electron chi connectivity index (χ1n) is 4.43. The summed E-state index contributed by atoms with van der Waals surface area (Å²) in [5, 5.41) is 0.231. The minimum absolute atomic E-state index is 0.0738. The quantitative estimate of drug-likeness (QED) is 0.940. The number of hydrogen-bond acceptors (Lipinski definition) is 3. The van der Waals surface area contributed by atoms with Crippen LogP contribution in [0.5, 0.6) is 0 Å². The van der Waals surface area contributed by atoms with Gasteiger partial charge in [-0.3, -0.25) is 4.72 Å². The van der Waals surface area contributed by atoms with E-state index in [1.165, 1.54) is 6.07 Å². The van der Waals surface area contributed by atoms with Crippen molar-refractivity contribution >= 4 is 50.2 Å². The van der Waals surface area contributed by atoms with E-state index in [9.17, 15) is 8.42 Å². The van der Waals surface area contributed by atoms with Gasteiger partial charge in [0.2, 0.25) is 0 Å². The number of para-hydroxylation sites is 1. The molecule has 0 aliphatic heterocycles. The Balaban J connectivity index is 2.32. The van der Waals surface area contributed by atoms with Gasteiger partial charge in [0.15, 0.2) is 0 Å². The summed E-state index contributed by atoms with van der Waals surface area (Å²) in [6.07, 6.45) is 0. The summed E-state index contributed by atoms with van der Waals surface area (Å²) in [6, 6.07) is 10.8. The number of hydrogen-bond donors (Lipinski definition) is 1. The summed E-state index contributed by atoms with van der Waals surface area (Å²) < 4.78 is 26.6. The average Bonchev–Trinajstić information content (AvgIpc) is 2.61. The molecule has 0 aliphatic rings. The van der Waals surface area contributed by atoms with Crippen LogP contribution in [0.1, 0.15) is 0 Å². The molecule has 0 atom stereocenters. The summed E-state index contributed by atoms with van der Waals surface area (Å²) in [7, 11) is -3.65. The molecule has 1 N–H and O–H groups in total. The molecule has 1 aromatic heterocycles. The molecule has 0 saturated heterocycles. The number of nitrogens with one attached hydrogen (secondary N) is 1. The first-order chi connectivity index (χ1) is 7.99. The van der Waals surface area contributed by atoms with Gasteiger partial charge in [-0.1, -0.05) is 41.4 Å². The maximum Gasteiger partial charge on any atom is 0.271 e. The normalized spacial score (nSPS) is 11.4. The molecular weight excluding hydrogens is 301 g/mol. The minimum Gasteiger partial charge on any atom is -0.278 e. The fourth-order valence-corrected chi connectivity index (χ4v) is 4.02. The first-order valence-corrected chi connectivity index (χ1v) is 7.49. The van der Waals surface area contributed by atoms with Crippen LogP contribution in [-0.4, -0.2) is 8.42 Å². The van der Waals surface area contributed by atoms with Crippen molar-refractivity contribution in [1.82, 2.24) is 0 Å². The minimum atomic E-state index is -3.65. The number of rotatable bonds is 3. The lowest BCUT2D eigenvalue weighted by molar-refractivity contribution is 0.603. The Labute approximate surface area is 113 Å². The molecule has 0 amide bonds. The number of sulfonamides is 1. The lowest BCUT2D eigenvalue weighted by Crippen LogP contribution is -2.11. The molecule has 17 heavy (non-hydrogen) atoms. The van der Waals surface area contributed by atoms with E-state index < -0.39 is 10.0 Å². The van der Waals surface area contributed by atoms with E-state index in [-0.39, 0.29) is 13.6 Å². The van der Waals surface area contributed by atoms with E-state index in [2.05, 4.69) is 10.8 Å². The van der Waals surface area contributed by atoms with E-state index >= 15 is 0 Å². The van der Waals surface area contributed by atoms with Crippen LogP contribution in [0.3, 0.4) is 0 Å². The number of halogens is 2. The van der Waals surface area contributed by atoms with Crippen LogP contribution >= 0.6 is 34.5 Å². The van der Waals surface area contributed by atoms with Gasteiger partial charge in [0.25, 0.3) is 10.0 Å². The fourth-order valence-electron chi connectivity index (χ4n) is 1.11. The largest absolute Gasteiger partial charge is 0.278 e. The molecule has 0 aliphatic carbocycles. The van der Waals surface area contributed by atoms with Gasteiger partial charge >= 0.3 is 0 Å². The van der Waals surface area contributed by atoms with Gasteiger partial charge in [-0.25, -0.2) is 8.42 Å². The highest BCUT2D eigenvalue weighted by Crippen LogP contribution is 2.34. The zero-order chi connectivity index (χ0) is 12.5. The van der Waals surface area contributed by atoms with Gasteiger partial charge in [-0.2, -0.15) is 0 Å². The molecule has 0 saturated carbocycles. The van der Waals surface area contributed by atoms with E-state index in [0.717, 1.165) is 11.3 Å². The van der Waals surface area contributed by atoms with Gasteiger partial charge in [0.1, 0.15) is 8.55 Å². The third-order valence-corrected chi connectivity index (χ3v) is 5.55. The third-order valence-electron chi connectivity index (χ3n) is 1.84. The molecule has 89 valence electrons. The van der Waals surface area contributed by atoms with E-state index in [4.69, 9.17) is 23.2 Å². The Hall–Kier alpha value is -0.750. The maximum absolute atomic E-state index is 11.9. The standard InChI is InChI=1S/C10H6Cl2NO2S2/c11-8-6-9(16-10(8)12)17(14,15)13-7-4-2-1-3-5-7/h1-4,6,13H. The average molecular weight is 307 g/mol. The van der Waals surface area contributed by atoms with Gasteiger partial charge in [-0.05, 0) is 12.1 Å². The predicted molar refractivity (Wildman–Crippen MR) is 70.4 cm³/mol. The molecule has 0 fully saturated rings. The lowest BCUT2D eigenvalue weighted by Gasteiger charge is -2.04. The van der Waals surface area contributed by atoms with Crippen molar-refractivity contribution in [1.29, 1.82) is 0 Å². The summed E-state index contributed by atoms with van der Waals surface area (Å²) in [6.45, 7) is 0. The highest BCUT2D eigenvalue weighted by atomic mass is 35.5. The van der Waals surface area contributed by atoms with Crippen LogP contribution in [0.15, 0.2) is 34.5 Å². The maximum atomic E-state index is 11.9. The Morgan fingerprint density at radius 1 is 1.29 bits per heavy atom. The Kier molecular flexibility index (Phi) is 3.63. The summed E-state index contributed by atoms with van der Waals surface area (Å²) >= 11 is 12.4. The molecule has 0 unspecified atom stereocenters. The van der Waals surface area contributed by atoms with Gasteiger partial charge in [0, 0.05) is 6.07 Å². The van der Waals surface area contributed by atoms with Crippen LogP contribution in [0.25, 0.3) is 0 Å². The van der Waals surface area contributed by atoms with E-state index in [1.807, 2.05) is 0 Å². The zero-order valence-corrected chi connectivity index (χ0v) is 11.4. The van der Waals surface area contributed by atoms with Crippen molar-refractivity contribution < 1.29 is 8.42 Å². The van der Waals surface area contributed by atoms with Crippen molar-refractivity contribution in [3.8, 4) is 0 Å². The van der Waals surface area contributed by atoms with Crippen molar-refractivity contribution in [3.63, 3.8) is 0 Å². The van der Waals surface area contributed by atoms with Crippen LogP contribution < -0.4 is 4.72 Å². The van der Waals surface area contributed by atoms with Gasteiger partial charge in [0.05, 0.1) is 10.7 Å². The molecule has 0 bridgehead atoms. The number of benzene rings is 1. The Morgan fingerprint density at radius 3 is 2.59 bits per heavy atom. The SMILES string of the molecule is O=S(=O)(Nc1[c]cccc1)c1cc(Cl)c(Cl)s1.